The second-order valence-electron chi connectivity index (χ2n) is 9.22. The Hall–Kier alpha value is -2.64. The summed E-state index contributed by atoms with van der Waals surface area (Å²) in [5, 5.41) is 5.92. The minimum atomic E-state index is -0.573. The van der Waals surface area contributed by atoms with Crippen LogP contribution >= 0.6 is 0 Å². The molecular weight excluding hydrogens is 386 g/mol. The molecule has 0 aromatic heterocycles. The van der Waals surface area contributed by atoms with Gasteiger partial charge in [-0.05, 0) is 60.5 Å². The van der Waals surface area contributed by atoms with Crippen molar-refractivity contribution in [3.8, 4) is 0 Å². The lowest BCUT2D eigenvalue weighted by molar-refractivity contribution is 0.0266. The number of ether oxygens (including phenoxy) is 3. The predicted molar refractivity (Wildman–Crippen MR) is 115 cm³/mol. The van der Waals surface area contributed by atoms with E-state index in [1.807, 2.05) is 54.5 Å². The summed E-state index contributed by atoms with van der Waals surface area (Å²) < 4.78 is 16.6. The first kappa shape index (κ1) is 23.6. The highest BCUT2D eigenvalue weighted by molar-refractivity contribution is 5.70. The number of nitrogens with one attached hydrogen (secondary N) is 2. The molecule has 2 aliphatic heterocycles. The monoisotopic (exact) mass is 421 g/mol. The highest BCUT2D eigenvalue weighted by atomic mass is 16.6. The number of carbonyl (C=O) groups is 2. The number of allylic oxidation sites excluding steroid dienone is 1. The van der Waals surface area contributed by atoms with Crippen LogP contribution in [0, 0.1) is 0 Å². The summed E-state index contributed by atoms with van der Waals surface area (Å²) in [4.78, 5) is 26.0. The zero-order valence-electron chi connectivity index (χ0n) is 19.2. The fourth-order valence-electron chi connectivity index (χ4n) is 3.03. The van der Waals surface area contributed by atoms with Crippen molar-refractivity contribution in [2.24, 2.45) is 0 Å². The van der Waals surface area contributed by atoms with Gasteiger partial charge >= 0.3 is 12.2 Å². The highest BCUT2D eigenvalue weighted by Crippen LogP contribution is 2.26. The maximum Gasteiger partial charge on any atom is 0.413 e. The lowest BCUT2D eigenvalue weighted by Gasteiger charge is -2.31. The summed E-state index contributed by atoms with van der Waals surface area (Å²) >= 11 is 0. The molecule has 0 bridgehead atoms. The quantitative estimate of drug-likeness (QED) is 0.717. The Morgan fingerprint density at radius 2 is 1.80 bits per heavy atom. The summed E-state index contributed by atoms with van der Waals surface area (Å²) in [6.07, 6.45) is 3.68. The van der Waals surface area contributed by atoms with Gasteiger partial charge in [0, 0.05) is 31.3 Å². The van der Waals surface area contributed by atoms with Crippen LogP contribution in [-0.2, 0) is 14.2 Å². The average Bonchev–Trinajstić information content (AvgIpc) is 2.59. The summed E-state index contributed by atoms with van der Waals surface area (Å²) in [7, 11) is 0. The average molecular weight is 422 g/mol. The van der Waals surface area contributed by atoms with Crippen molar-refractivity contribution in [1.29, 1.82) is 0 Å². The van der Waals surface area contributed by atoms with Crippen molar-refractivity contribution in [3.05, 3.63) is 34.9 Å². The molecule has 8 heteroatoms. The fraction of sp³-hybridized carbons (Fsp3) is 0.636. The van der Waals surface area contributed by atoms with Crippen LogP contribution in [-0.4, -0.2) is 54.5 Å². The zero-order chi connectivity index (χ0) is 22.5. The van der Waals surface area contributed by atoms with Gasteiger partial charge in [-0.15, -0.1) is 0 Å². The first-order valence-corrected chi connectivity index (χ1v) is 10.4. The minimum Gasteiger partial charge on any atom is -0.493 e. The van der Waals surface area contributed by atoms with Crippen LogP contribution in [0.15, 0.2) is 34.9 Å². The Kier molecular flexibility index (Phi) is 7.44. The smallest absolute Gasteiger partial charge is 0.413 e. The number of alkyl carbamates (subject to hydrolysis) is 1. The van der Waals surface area contributed by atoms with E-state index in [0.717, 1.165) is 11.1 Å². The van der Waals surface area contributed by atoms with Gasteiger partial charge in [0.1, 0.15) is 22.8 Å². The van der Waals surface area contributed by atoms with E-state index in [0.29, 0.717) is 44.2 Å². The van der Waals surface area contributed by atoms with Crippen LogP contribution in [0.25, 0.3) is 0 Å². The summed E-state index contributed by atoms with van der Waals surface area (Å²) in [6.45, 7) is 15.0. The molecule has 0 aliphatic carbocycles. The van der Waals surface area contributed by atoms with Crippen LogP contribution in [0.2, 0.25) is 0 Å². The molecule has 0 spiro atoms. The number of rotatable bonds is 4. The van der Waals surface area contributed by atoms with E-state index in [2.05, 4.69) is 10.6 Å². The van der Waals surface area contributed by atoms with E-state index < -0.39 is 17.3 Å². The first-order chi connectivity index (χ1) is 13.9. The van der Waals surface area contributed by atoms with Crippen LogP contribution in [0.5, 0.6) is 0 Å². The topological polar surface area (TPSA) is 89.1 Å². The third-order valence-corrected chi connectivity index (χ3v) is 4.21. The van der Waals surface area contributed by atoms with E-state index in [4.69, 9.17) is 14.2 Å². The summed E-state index contributed by atoms with van der Waals surface area (Å²) in [5.74, 6) is 1.24. The number of amides is 2. The lowest BCUT2D eigenvalue weighted by atomic mass is 9.96. The van der Waals surface area contributed by atoms with Gasteiger partial charge in [0.05, 0.1) is 6.61 Å². The standard InChI is InChI=1S/C22H35N3O5/c1-8-28-17-13-18(24-19(26)29-21(2,3)4)23-14-16(17)15-9-11-25(12-10-15)20(27)30-22(5,6)7/h9,13,23H,8,10-12,14H2,1-7H3,(H,24,26). The van der Waals surface area contributed by atoms with Gasteiger partial charge in [0.2, 0.25) is 0 Å². The van der Waals surface area contributed by atoms with Crippen LogP contribution in [0.4, 0.5) is 9.59 Å². The molecule has 0 aromatic rings. The second-order valence-corrected chi connectivity index (χ2v) is 9.22. The van der Waals surface area contributed by atoms with Crippen molar-refractivity contribution in [2.45, 2.75) is 66.1 Å². The third kappa shape index (κ3) is 7.31. The van der Waals surface area contributed by atoms with Crippen molar-refractivity contribution in [1.82, 2.24) is 15.5 Å². The van der Waals surface area contributed by atoms with Crippen molar-refractivity contribution >= 4 is 12.2 Å². The molecule has 168 valence electrons. The van der Waals surface area contributed by atoms with Crippen molar-refractivity contribution in [3.63, 3.8) is 0 Å². The molecule has 2 heterocycles. The molecule has 8 nitrogen and oxygen atoms in total. The van der Waals surface area contributed by atoms with Gasteiger partial charge in [0.15, 0.2) is 0 Å². The summed E-state index contributed by atoms with van der Waals surface area (Å²) in [5.41, 5.74) is 1.06. The predicted octanol–water partition coefficient (Wildman–Crippen LogP) is 3.81. The maximum absolute atomic E-state index is 12.3. The van der Waals surface area contributed by atoms with Crippen LogP contribution < -0.4 is 10.6 Å². The number of hydrogen-bond acceptors (Lipinski definition) is 6. The molecule has 2 N–H and O–H groups in total. The normalized spacial score (nSPS) is 17.5. The number of carbonyl (C=O) groups excluding carboxylic acids is 2. The molecule has 0 saturated carbocycles. The van der Waals surface area contributed by atoms with Gasteiger partial charge in [-0.25, -0.2) is 9.59 Å². The Morgan fingerprint density at radius 1 is 1.13 bits per heavy atom. The molecule has 2 rings (SSSR count). The highest BCUT2D eigenvalue weighted by Gasteiger charge is 2.26. The number of hydrogen-bond donors (Lipinski definition) is 2. The van der Waals surface area contributed by atoms with E-state index in [9.17, 15) is 9.59 Å². The molecule has 0 saturated heterocycles. The molecule has 2 amide bonds. The SMILES string of the molecule is CCOC1=C(C2=CCN(C(=O)OC(C)(C)C)CC2)CNC(NC(=O)OC(C)(C)C)=C1. The summed E-state index contributed by atoms with van der Waals surface area (Å²) in [6, 6.07) is 0. The zero-order valence-corrected chi connectivity index (χ0v) is 19.2. The van der Waals surface area contributed by atoms with Gasteiger partial charge in [-0.1, -0.05) is 6.08 Å². The molecular formula is C22H35N3O5. The Labute approximate surface area is 179 Å². The fourth-order valence-corrected chi connectivity index (χ4v) is 3.03. The van der Waals surface area contributed by atoms with Crippen molar-refractivity contribution in [2.75, 3.05) is 26.2 Å². The molecule has 0 aromatic carbocycles. The van der Waals surface area contributed by atoms with Crippen LogP contribution in [0.1, 0.15) is 54.9 Å². The molecule has 30 heavy (non-hydrogen) atoms. The van der Waals surface area contributed by atoms with E-state index in [-0.39, 0.29) is 6.09 Å². The van der Waals surface area contributed by atoms with Gasteiger partial charge < -0.3 is 24.4 Å². The molecule has 0 radical (unpaired) electrons. The Morgan fingerprint density at radius 3 is 2.33 bits per heavy atom. The first-order valence-electron chi connectivity index (χ1n) is 10.4. The second kappa shape index (κ2) is 9.45. The largest absolute Gasteiger partial charge is 0.493 e. The molecule has 0 fully saturated rings. The third-order valence-electron chi connectivity index (χ3n) is 4.21. The molecule has 2 aliphatic rings. The van der Waals surface area contributed by atoms with E-state index in [1.165, 1.54) is 0 Å². The Balaban J connectivity index is 2.11. The van der Waals surface area contributed by atoms with E-state index >= 15 is 0 Å². The van der Waals surface area contributed by atoms with Gasteiger partial charge in [-0.3, -0.25) is 5.32 Å². The minimum absolute atomic E-state index is 0.303. The molecule has 0 atom stereocenters. The maximum atomic E-state index is 12.3. The number of nitrogens with zero attached hydrogens (tertiary/aromatic N) is 1. The van der Waals surface area contributed by atoms with Gasteiger partial charge in [0.25, 0.3) is 0 Å². The Bertz CT molecular complexity index is 754. The number of dihydropyridines is 1. The van der Waals surface area contributed by atoms with Crippen LogP contribution in [0.3, 0.4) is 0 Å². The van der Waals surface area contributed by atoms with Crippen molar-refractivity contribution < 1.29 is 23.8 Å². The van der Waals surface area contributed by atoms with E-state index in [1.54, 1.807) is 11.0 Å². The van der Waals surface area contributed by atoms with Gasteiger partial charge in [-0.2, -0.15) is 0 Å². The lowest BCUT2D eigenvalue weighted by Crippen LogP contribution is -2.40. The molecule has 0 unspecified atom stereocenters.